The maximum absolute atomic E-state index is 10.8. The van der Waals surface area contributed by atoms with Gasteiger partial charge in [-0.1, -0.05) is 0 Å². The van der Waals surface area contributed by atoms with Crippen LogP contribution in [-0.2, 0) is 14.9 Å². The number of amides is 1. The molecule has 82 valence electrons. The summed E-state index contributed by atoms with van der Waals surface area (Å²) in [6, 6.07) is 0.0606. The number of carbonyl (C=O) groups excluding carboxylic acids is 1. The molecule has 14 heavy (non-hydrogen) atoms. The van der Waals surface area contributed by atoms with E-state index in [1.807, 2.05) is 0 Å². The Hall–Kier alpha value is -0.620. The first-order valence-corrected chi connectivity index (χ1v) is 6.13. The Bertz CT molecular complexity index is 303. The van der Waals surface area contributed by atoms with Crippen LogP contribution in [0.1, 0.15) is 32.6 Å². The number of nitrogens with one attached hydrogen (secondary N) is 1. The molecule has 0 aromatic rings. The lowest BCUT2D eigenvalue weighted by Crippen LogP contribution is -2.39. The van der Waals surface area contributed by atoms with Gasteiger partial charge in [-0.15, -0.1) is 0 Å². The first-order chi connectivity index (χ1) is 6.39. The first-order valence-electron chi connectivity index (χ1n) is 4.63. The average molecular weight is 221 g/mol. The lowest BCUT2D eigenvalue weighted by atomic mass is 9.95. The highest BCUT2D eigenvalue weighted by molar-refractivity contribution is 7.86. The number of carbonyl (C=O) groups is 1. The summed E-state index contributed by atoms with van der Waals surface area (Å²) >= 11 is 0. The molecule has 2 N–H and O–H groups in total. The molecule has 1 rings (SSSR count). The van der Waals surface area contributed by atoms with E-state index in [9.17, 15) is 13.2 Å². The van der Waals surface area contributed by atoms with Crippen LogP contribution in [0.5, 0.6) is 0 Å². The molecule has 6 heteroatoms. The van der Waals surface area contributed by atoms with Crippen LogP contribution in [0.15, 0.2) is 0 Å². The van der Waals surface area contributed by atoms with E-state index in [1.54, 1.807) is 0 Å². The molecular weight excluding hydrogens is 206 g/mol. The summed E-state index contributed by atoms with van der Waals surface area (Å²) in [6.07, 6.45) is 2.07. The molecule has 5 nitrogen and oxygen atoms in total. The van der Waals surface area contributed by atoms with Gasteiger partial charge >= 0.3 is 0 Å². The average Bonchev–Trinajstić information content (AvgIpc) is 2.02. The second-order valence-corrected chi connectivity index (χ2v) is 5.39. The summed E-state index contributed by atoms with van der Waals surface area (Å²) in [5, 5.41) is 2.09. The van der Waals surface area contributed by atoms with Crippen molar-refractivity contribution in [2.45, 2.75) is 43.9 Å². The van der Waals surface area contributed by atoms with E-state index in [2.05, 4.69) is 5.32 Å². The van der Waals surface area contributed by atoms with E-state index in [0.717, 1.165) is 0 Å². The van der Waals surface area contributed by atoms with E-state index in [1.165, 1.54) is 6.92 Å². The minimum absolute atomic E-state index is 0.0606. The quantitative estimate of drug-likeness (QED) is 0.658. The smallest absolute Gasteiger partial charge is 0.267 e. The Balaban J connectivity index is 2.43. The standard InChI is InChI=1S/C8H15NO4S/c1-6(10)9-7-2-4-8(5-3-7)14(11,12)13/h7-8H,2-5H2,1H3,(H,9,10)(H,11,12,13). The fourth-order valence-electron chi connectivity index (χ4n) is 1.79. The normalized spacial score (nSPS) is 28.4. The van der Waals surface area contributed by atoms with Crippen molar-refractivity contribution in [2.75, 3.05) is 0 Å². The van der Waals surface area contributed by atoms with Crippen LogP contribution in [-0.4, -0.2) is 30.2 Å². The maximum atomic E-state index is 10.8. The van der Waals surface area contributed by atoms with Crippen LogP contribution in [0.25, 0.3) is 0 Å². The van der Waals surface area contributed by atoms with Crippen LogP contribution < -0.4 is 5.32 Å². The molecule has 1 aliphatic rings. The monoisotopic (exact) mass is 221 g/mol. The van der Waals surface area contributed by atoms with Gasteiger partial charge < -0.3 is 5.32 Å². The maximum Gasteiger partial charge on any atom is 0.267 e. The lowest BCUT2D eigenvalue weighted by molar-refractivity contribution is -0.119. The van der Waals surface area contributed by atoms with Crippen LogP contribution in [0.2, 0.25) is 0 Å². The van der Waals surface area contributed by atoms with Gasteiger partial charge in [0, 0.05) is 13.0 Å². The van der Waals surface area contributed by atoms with Gasteiger partial charge in [0.25, 0.3) is 10.1 Å². The number of hydrogen-bond acceptors (Lipinski definition) is 3. The molecular formula is C8H15NO4S. The SMILES string of the molecule is CC(=O)NC1CCC(S(=O)(=O)O)CC1. The molecule has 0 atom stereocenters. The van der Waals surface area contributed by atoms with Gasteiger partial charge in [-0.3, -0.25) is 9.35 Å². The Morgan fingerprint density at radius 2 is 1.79 bits per heavy atom. The van der Waals surface area contributed by atoms with Gasteiger partial charge in [0.05, 0.1) is 5.25 Å². The van der Waals surface area contributed by atoms with Crippen molar-refractivity contribution >= 4 is 16.0 Å². The predicted molar refractivity (Wildman–Crippen MR) is 51.4 cm³/mol. The Labute approximate surface area is 83.6 Å². The van der Waals surface area contributed by atoms with Crippen LogP contribution in [0.3, 0.4) is 0 Å². The largest absolute Gasteiger partial charge is 0.354 e. The molecule has 0 heterocycles. The Kier molecular flexibility index (Phi) is 3.49. The van der Waals surface area contributed by atoms with Gasteiger partial charge in [0.15, 0.2) is 0 Å². The second-order valence-electron chi connectivity index (χ2n) is 3.69. The summed E-state index contributed by atoms with van der Waals surface area (Å²) < 4.78 is 30.4. The zero-order valence-corrected chi connectivity index (χ0v) is 8.88. The molecule has 1 amide bonds. The molecule has 0 aliphatic heterocycles. The summed E-state index contributed by atoms with van der Waals surface area (Å²) in [4.78, 5) is 10.7. The highest BCUT2D eigenvalue weighted by Crippen LogP contribution is 2.23. The fourth-order valence-corrected chi connectivity index (χ4v) is 2.66. The molecule has 0 saturated heterocycles. The van der Waals surface area contributed by atoms with Crippen LogP contribution in [0, 0.1) is 0 Å². The minimum atomic E-state index is -3.89. The second kappa shape index (κ2) is 4.27. The van der Waals surface area contributed by atoms with Gasteiger partial charge in [-0.05, 0) is 25.7 Å². The molecule has 0 aromatic heterocycles. The highest BCUT2D eigenvalue weighted by atomic mass is 32.2. The summed E-state index contributed by atoms with van der Waals surface area (Å²) in [7, 11) is -3.89. The highest BCUT2D eigenvalue weighted by Gasteiger charge is 2.29. The molecule has 1 fully saturated rings. The third-order valence-electron chi connectivity index (χ3n) is 2.50. The van der Waals surface area contributed by atoms with Crippen molar-refractivity contribution in [1.29, 1.82) is 0 Å². The lowest BCUT2D eigenvalue weighted by Gasteiger charge is -2.26. The summed E-state index contributed by atoms with van der Waals surface area (Å²) in [5.41, 5.74) is 0. The first kappa shape index (κ1) is 11.5. The van der Waals surface area contributed by atoms with E-state index in [4.69, 9.17) is 4.55 Å². The summed E-state index contributed by atoms with van der Waals surface area (Å²) in [5.74, 6) is -0.0969. The predicted octanol–water partition coefficient (Wildman–Crippen LogP) is 0.322. The minimum Gasteiger partial charge on any atom is -0.354 e. The Morgan fingerprint density at radius 3 is 2.14 bits per heavy atom. The molecule has 1 aliphatic carbocycles. The van der Waals surface area contributed by atoms with Crippen molar-refractivity contribution in [3.05, 3.63) is 0 Å². The number of rotatable bonds is 2. The van der Waals surface area contributed by atoms with Gasteiger partial charge in [0.2, 0.25) is 5.91 Å². The molecule has 0 radical (unpaired) electrons. The van der Waals surface area contributed by atoms with Crippen LogP contribution >= 0.6 is 0 Å². The summed E-state index contributed by atoms with van der Waals surface area (Å²) in [6.45, 7) is 1.44. The molecule has 0 bridgehead atoms. The van der Waals surface area contributed by atoms with E-state index in [-0.39, 0.29) is 11.9 Å². The van der Waals surface area contributed by atoms with Crippen molar-refractivity contribution in [1.82, 2.24) is 5.32 Å². The van der Waals surface area contributed by atoms with E-state index in [0.29, 0.717) is 25.7 Å². The molecule has 0 spiro atoms. The topological polar surface area (TPSA) is 83.5 Å². The van der Waals surface area contributed by atoms with Gasteiger partial charge in [0.1, 0.15) is 0 Å². The zero-order chi connectivity index (χ0) is 10.8. The third kappa shape index (κ3) is 3.26. The molecule has 0 aromatic carbocycles. The van der Waals surface area contributed by atoms with Gasteiger partial charge in [-0.2, -0.15) is 8.42 Å². The Morgan fingerprint density at radius 1 is 1.29 bits per heavy atom. The third-order valence-corrected chi connectivity index (χ3v) is 3.82. The zero-order valence-electron chi connectivity index (χ0n) is 8.06. The van der Waals surface area contributed by atoms with Crippen LogP contribution in [0.4, 0.5) is 0 Å². The van der Waals surface area contributed by atoms with Gasteiger partial charge in [-0.25, -0.2) is 0 Å². The molecule has 0 unspecified atom stereocenters. The fraction of sp³-hybridized carbons (Fsp3) is 0.875. The van der Waals surface area contributed by atoms with E-state index < -0.39 is 15.4 Å². The molecule has 1 saturated carbocycles. The number of hydrogen-bond donors (Lipinski definition) is 2. The van der Waals surface area contributed by atoms with E-state index >= 15 is 0 Å². The van der Waals surface area contributed by atoms with Crippen molar-refractivity contribution in [3.63, 3.8) is 0 Å². The van der Waals surface area contributed by atoms with Crippen molar-refractivity contribution in [3.8, 4) is 0 Å². The van der Waals surface area contributed by atoms with Crippen molar-refractivity contribution in [2.24, 2.45) is 0 Å². The van der Waals surface area contributed by atoms with Crippen molar-refractivity contribution < 1.29 is 17.8 Å².